The zero-order chi connectivity index (χ0) is 8.43. The molecule has 0 amide bonds. The van der Waals surface area contributed by atoms with E-state index in [9.17, 15) is 4.79 Å². The zero-order valence-corrected chi connectivity index (χ0v) is 7.06. The molecule has 2 nitrogen and oxygen atoms in total. The van der Waals surface area contributed by atoms with Crippen molar-refractivity contribution in [3.05, 3.63) is 22.8 Å². The van der Waals surface area contributed by atoms with Crippen molar-refractivity contribution in [3.8, 4) is 0 Å². The minimum absolute atomic E-state index is 0.205. The van der Waals surface area contributed by atoms with Crippen LogP contribution in [0.5, 0.6) is 0 Å². The van der Waals surface area contributed by atoms with Crippen LogP contribution in [0.1, 0.15) is 6.42 Å². The lowest BCUT2D eigenvalue weighted by Crippen LogP contribution is -2.14. The Kier molecular flexibility index (Phi) is 2.58. The first-order valence-corrected chi connectivity index (χ1v) is 3.86. The molecule has 0 aromatic heterocycles. The van der Waals surface area contributed by atoms with Crippen molar-refractivity contribution in [2.45, 2.75) is 11.8 Å². The van der Waals surface area contributed by atoms with E-state index in [1.54, 1.807) is 6.08 Å². The Morgan fingerprint density at radius 1 is 1.64 bits per heavy atom. The third kappa shape index (κ3) is 1.98. The third-order valence-corrected chi connectivity index (χ3v) is 2.07. The van der Waals surface area contributed by atoms with E-state index < -0.39 is 11.3 Å². The lowest BCUT2D eigenvalue weighted by molar-refractivity contribution is -0.132. The molecular weight excluding hydrogens is 187 g/mol. The number of hydrogen-bond donors (Lipinski definition) is 1. The predicted molar refractivity (Wildman–Crippen MR) is 43.9 cm³/mol. The molecule has 0 radical (unpaired) electrons. The van der Waals surface area contributed by atoms with Gasteiger partial charge >= 0.3 is 5.97 Å². The second-order valence-electron chi connectivity index (χ2n) is 2.21. The van der Waals surface area contributed by atoms with Gasteiger partial charge in [0.25, 0.3) is 0 Å². The van der Waals surface area contributed by atoms with E-state index in [4.69, 9.17) is 28.3 Å². The first kappa shape index (κ1) is 8.62. The highest BCUT2D eigenvalue weighted by Gasteiger charge is 2.20. The summed E-state index contributed by atoms with van der Waals surface area (Å²) in [5, 5.41) is 8.67. The van der Waals surface area contributed by atoms with Crippen LogP contribution in [-0.4, -0.2) is 16.5 Å². The Hall–Kier alpha value is -0.470. The molecule has 11 heavy (non-hydrogen) atoms. The van der Waals surface area contributed by atoms with Gasteiger partial charge in [0.2, 0.25) is 0 Å². The Morgan fingerprint density at radius 2 is 2.27 bits per heavy atom. The van der Waals surface area contributed by atoms with E-state index in [0.29, 0.717) is 11.5 Å². The van der Waals surface area contributed by atoms with Gasteiger partial charge in [-0.3, -0.25) is 0 Å². The summed E-state index contributed by atoms with van der Waals surface area (Å²) in [5.74, 6) is -0.981. The minimum atomic E-state index is -0.981. The molecule has 0 heterocycles. The van der Waals surface area contributed by atoms with Gasteiger partial charge in [0.1, 0.15) is 0 Å². The summed E-state index contributed by atoms with van der Waals surface area (Å²) in [6.45, 7) is 0. The number of rotatable bonds is 1. The summed E-state index contributed by atoms with van der Waals surface area (Å²) in [6, 6.07) is 0. The van der Waals surface area contributed by atoms with Gasteiger partial charge in [-0.05, 0) is 12.2 Å². The third-order valence-electron chi connectivity index (χ3n) is 1.40. The van der Waals surface area contributed by atoms with Gasteiger partial charge in [0, 0.05) is 11.5 Å². The average molecular weight is 193 g/mol. The maximum Gasteiger partial charge on any atom is 0.333 e. The van der Waals surface area contributed by atoms with Crippen LogP contribution in [0.25, 0.3) is 0 Å². The Labute approximate surface area is 74.1 Å². The monoisotopic (exact) mass is 192 g/mol. The van der Waals surface area contributed by atoms with Crippen LogP contribution < -0.4 is 0 Å². The van der Waals surface area contributed by atoms with Crippen molar-refractivity contribution >= 4 is 29.2 Å². The summed E-state index contributed by atoms with van der Waals surface area (Å²) in [7, 11) is 0. The SMILES string of the molecule is O=C(O)C1=CC=C(Cl)CC1Cl. The molecule has 0 saturated heterocycles. The Bertz CT molecular complexity index is 243. The zero-order valence-electron chi connectivity index (χ0n) is 5.55. The molecule has 1 aliphatic rings. The van der Waals surface area contributed by atoms with Crippen molar-refractivity contribution < 1.29 is 9.90 Å². The van der Waals surface area contributed by atoms with Gasteiger partial charge in [-0.15, -0.1) is 11.6 Å². The number of aliphatic carboxylic acids is 1. The lowest BCUT2D eigenvalue weighted by atomic mass is 10.1. The molecule has 0 saturated carbocycles. The average Bonchev–Trinajstić information content (AvgIpc) is 1.85. The van der Waals surface area contributed by atoms with Crippen LogP contribution in [-0.2, 0) is 4.79 Å². The molecular formula is C7H6Cl2O2. The van der Waals surface area contributed by atoms with Crippen LogP contribution in [0.15, 0.2) is 22.8 Å². The number of halogens is 2. The van der Waals surface area contributed by atoms with Gasteiger partial charge in [-0.25, -0.2) is 4.79 Å². The number of carboxylic acids is 1. The highest BCUT2D eigenvalue weighted by atomic mass is 35.5. The molecule has 60 valence electrons. The fourth-order valence-corrected chi connectivity index (χ4v) is 1.47. The molecule has 0 bridgehead atoms. The number of alkyl halides is 1. The van der Waals surface area contributed by atoms with E-state index in [-0.39, 0.29) is 5.57 Å². The van der Waals surface area contributed by atoms with E-state index in [0.717, 1.165) is 0 Å². The number of allylic oxidation sites excluding steroid dienone is 3. The van der Waals surface area contributed by atoms with Gasteiger partial charge < -0.3 is 5.11 Å². The standard InChI is InChI=1S/C7H6Cl2O2/c8-4-1-2-5(7(10)11)6(9)3-4/h1-2,6H,3H2,(H,10,11). The first-order valence-electron chi connectivity index (χ1n) is 3.05. The molecule has 0 aromatic rings. The number of hydrogen-bond acceptors (Lipinski definition) is 1. The smallest absolute Gasteiger partial charge is 0.333 e. The van der Waals surface area contributed by atoms with Crippen molar-refractivity contribution in [2.75, 3.05) is 0 Å². The molecule has 1 aliphatic carbocycles. The topological polar surface area (TPSA) is 37.3 Å². The first-order chi connectivity index (χ1) is 5.11. The second-order valence-corrected chi connectivity index (χ2v) is 3.22. The van der Waals surface area contributed by atoms with Gasteiger partial charge in [0.05, 0.1) is 11.0 Å². The van der Waals surface area contributed by atoms with Crippen LogP contribution in [0.3, 0.4) is 0 Å². The van der Waals surface area contributed by atoms with Crippen LogP contribution in [0, 0.1) is 0 Å². The largest absolute Gasteiger partial charge is 0.478 e. The molecule has 4 heteroatoms. The van der Waals surface area contributed by atoms with Gasteiger partial charge in [-0.1, -0.05) is 11.6 Å². The Balaban J connectivity index is 2.87. The summed E-state index contributed by atoms with van der Waals surface area (Å²) >= 11 is 11.3. The molecule has 0 fully saturated rings. The predicted octanol–water partition coefficient (Wildman–Crippen LogP) is 2.13. The molecule has 1 rings (SSSR count). The fourth-order valence-electron chi connectivity index (χ4n) is 0.839. The Morgan fingerprint density at radius 3 is 2.73 bits per heavy atom. The van der Waals surface area contributed by atoms with Crippen molar-refractivity contribution in [3.63, 3.8) is 0 Å². The summed E-state index contributed by atoms with van der Waals surface area (Å²) in [6.07, 6.45) is 3.40. The van der Waals surface area contributed by atoms with Crippen LogP contribution >= 0.6 is 23.2 Å². The summed E-state index contributed by atoms with van der Waals surface area (Å²) in [4.78, 5) is 10.4. The number of carboxylic acid groups (broad SMARTS) is 1. The molecule has 1 atom stereocenters. The number of carbonyl (C=O) groups is 1. The highest BCUT2D eigenvalue weighted by Crippen LogP contribution is 2.25. The second kappa shape index (κ2) is 3.28. The van der Waals surface area contributed by atoms with Crippen LogP contribution in [0.4, 0.5) is 0 Å². The summed E-state index contributed by atoms with van der Waals surface area (Å²) in [5.41, 5.74) is 0.205. The highest BCUT2D eigenvalue weighted by molar-refractivity contribution is 6.32. The molecule has 0 aliphatic heterocycles. The molecule has 0 spiro atoms. The van der Waals surface area contributed by atoms with E-state index in [1.807, 2.05) is 0 Å². The summed E-state index contributed by atoms with van der Waals surface area (Å²) < 4.78 is 0. The normalized spacial score (nSPS) is 24.0. The quantitative estimate of drug-likeness (QED) is 0.647. The van der Waals surface area contributed by atoms with Crippen molar-refractivity contribution in [1.82, 2.24) is 0 Å². The lowest BCUT2D eigenvalue weighted by Gasteiger charge is -2.12. The maximum absolute atomic E-state index is 10.4. The molecule has 0 aromatic carbocycles. The molecule has 1 unspecified atom stereocenters. The molecule has 1 N–H and O–H groups in total. The van der Waals surface area contributed by atoms with Gasteiger partial charge in [-0.2, -0.15) is 0 Å². The van der Waals surface area contributed by atoms with Crippen molar-refractivity contribution in [1.29, 1.82) is 0 Å². The van der Waals surface area contributed by atoms with Crippen LogP contribution in [0.2, 0.25) is 0 Å². The van der Waals surface area contributed by atoms with E-state index in [1.165, 1.54) is 6.08 Å². The fraction of sp³-hybridized carbons (Fsp3) is 0.286. The maximum atomic E-state index is 10.4. The van der Waals surface area contributed by atoms with E-state index in [2.05, 4.69) is 0 Å². The van der Waals surface area contributed by atoms with Gasteiger partial charge in [0.15, 0.2) is 0 Å². The minimum Gasteiger partial charge on any atom is -0.478 e. The van der Waals surface area contributed by atoms with Crippen molar-refractivity contribution in [2.24, 2.45) is 0 Å². The van der Waals surface area contributed by atoms with E-state index >= 15 is 0 Å².